The number of ketones is 1. The first-order chi connectivity index (χ1) is 7.81. The lowest BCUT2D eigenvalue weighted by Crippen LogP contribution is -1.98. The highest BCUT2D eigenvalue weighted by atomic mass is 16.1. The Morgan fingerprint density at radius 3 is 2.62 bits per heavy atom. The predicted molar refractivity (Wildman–Crippen MR) is 62.8 cm³/mol. The SMILES string of the molecule is CCCC(=O)c1ccc(-n2ccnc2)cc1. The molecule has 3 nitrogen and oxygen atoms in total. The summed E-state index contributed by atoms with van der Waals surface area (Å²) in [7, 11) is 0. The third kappa shape index (κ3) is 2.19. The summed E-state index contributed by atoms with van der Waals surface area (Å²) in [5.41, 5.74) is 1.80. The van der Waals surface area contributed by atoms with Crippen LogP contribution in [0.5, 0.6) is 0 Å². The van der Waals surface area contributed by atoms with Gasteiger partial charge in [-0.05, 0) is 30.7 Å². The number of hydrogen-bond acceptors (Lipinski definition) is 2. The van der Waals surface area contributed by atoms with E-state index in [1.807, 2.05) is 42.0 Å². The molecule has 16 heavy (non-hydrogen) atoms. The van der Waals surface area contributed by atoms with Crippen molar-refractivity contribution < 1.29 is 4.79 Å². The number of benzene rings is 1. The molecule has 0 atom stereocenters. The Morgan fingerprint density at radius 2 is 2.06 bits per heavy atom. The largest absolute Gasteiger partial charge is 0.306 e. The molecule has 0 radical (unpaired) electrons. The lowest BCUT2D eigenvalue weighted by atomic mass is 10.1. The molecule has 0 N–H and O–H groups in total. The van der Waals surface area contributed by atoms with Crippen LogP contribution in [0.2, 0.25) is 0 Å². The quantitative estimate of drug-likeness (QED) is 0.733. The van der Waals surface area contributed by atoms with Crippen LogP contribution in [0.3, 0.4) is 0 Å². The van der Waals surface area contributed by atoms with Gasteiger partial charge in [0.25, 0.3) is 0 Å². The van der Waals surface area contributed by atoms with Gasteiger partial charge in [0.1, 0.15) is 0 Å². The van der Waals surface area contributed by atoms with Crippen molar-refractivity contribution >= 4 is 5.78 Å². The summed E-state index contributed by atoms with van der Waals surface area (Å²) in [4.78, 5) is 15.6. The van der Waals surface area contributed by atoms with Gasteiger partial charge in [0.2, 0.25) is 0 Å². The van der Waals surface area contributed by atoms with E-state index >= 15 is 0 Å². The molecule has 1 aromatic carbocycles. The minimum atomic E-state index is 0.208. The van der Waals surface area contributed by atoms with Gasteiger partial charge in [-0.25, -0.2) is 4.98 Å². The first-order valence-electron chi connectivity index (χ1n) is 5.43. The minimum absolute atomic E-state index is 0.208. The maximum atomic E-state index is 11.6. The van der Waals surface area contributed by atoms with Gasteiger partial charge in [-0.1, -0.05) is 6.92 Å². The first kappa shape index (κ1) is 10.6. The molecule has 0 aliphatic heterocycles. The van der Waals surface area contributed by atoms with Crippen LogP contribution in [0.4, 0.5) is 0 Å². The highest BCUT2D eigenvalue weighted by Gasteiger charge is 2.04. The van der Waals surface area contributed by atoms with Gasteiger partial charge in [0, 0.05) is 30.1 Å². The predicted octanol–water partition coefficient (Wildman–Crippen LogP) is 2.86. The highest BCUT2D eigenvalue weighted by Crippen LogP contribution is 2.11. The molecule has 0 fully saturated rings. The van der Waals surface area contributed by atoms with Gasteiger partial charge in [0.05, 0.1) is 6.33 Å². The van der Waals surface area contributed by atoms with Crippen LogP contribution in [-0.4, -0.2) is 15.3 Å². The molecule has 1 heterocycles. The summed E-state index contributed by atoms with van der Waals surface area (Å²) in [5, 5.41) is 0. The Hall–Kier alpha value is -1.90. The normalized spacial score (nSPS) is 10.3. The van der Waals surface area contributed by atoms with Crippen LogP contribution in [0.15, 0.2) is 43.0 Å². The molecule has 0 aliphatic carbocycles. The molecule has 0 saturated heterocycles. The number of nitrogens with zero attached hydrogens (tertiary/aromatic N) is 2. The Labute approximate surface area is 94.7 Å². The van der Waals surface area contributed by atoms with Crippen molar-refractivity contribution in [3.05, 3.63) is 48.5 Å². The van der Waals surface area contributed by atoms with E-state index in [2.05, 4.69) is 4.98 Å². The lowest BCUT2D eigenvalue weighted by molar-refractivity contribution is 0.0982. The van der Waals surface area contributed by atoms with E-state index in [-0.39, 0.29) is 5.78 Å². The molecule has 1 aromatic heterocycles. The summed E-state index contributed by atoms with van der Waals surface area (Å²) >= 11 is 0. The highest BCUT2D eigenvalue weighted by molar-refractivity contribution is 5.96. The van der Waals surface area contributed by atoms with Crippen LogP contribution in [0.1, 0.15) is 30.1 Å². The van der Waals surface area contributed by atoms with Gasteiger partial charge >= 0.3 is 0 Å². The molecule has 2 aromatic rings. The second kappa shape index (κ2) is 4.75. The number of hydrogen-bond donors (Lipinski definition) is 0. The molecule has 0 saturated carbocycles. The van der Waals surface area contributed by atoms with Crippen molar-refractivity contribution in [1.82, 2.24) is 9.55 Å². The summed E-state index contributed by atoms with van der Waals surface area (Å²) in [6, 6.07) is 7.61. The van der Waals surface area contributed by atoms with Crippen LogP contribution in [0.25, 0.3) is 5.69 Å². The Balaban J connectivity index is 2.20. The number of Topliss-reactive ketones (excluding diaryl/α,β-unsaturated/α-hetero) is 1. The standard InChI is InChI=1S/C13H14N2O/c1-2-3-13(16)11-4-6-12(7-5-11)15-9-8-14-10-15/h4-10H,2-3H2,1H3. The molecule has 0 unspecified atom stereocenters. The van der Waals surface area contributed by atoms with E-state index in [1.54, 1.807) is 12.5 Å². The topological polar surface area (TPSA) is 34.9 Å². The number of rotatable bonds is 4. The Kier molecular flexibility index (Phi) is 3.15. The monoisotopic (exact) mass is 214 g/mol. The second-order valence-corrected chi connectivity index (χ2v) is 3.69. The second-order valence-electron chi connectivity index (χ2n) is 3.69. The number of aromatic nitrogens is 2. The zero-order valence-corrected chi connectivity index (χ0v) is 9.26. The van der Waals surface area contributed by atoms with E-state index in [0.717, 1.165) is 17.7 Å². The molecule has 3 heteroatoms. The van der Waals surface area contributed by atoms with Crippen LogP contribution < -0.4 is 0 Å². The zero-order valence-electron chi connectivity index (χ0n) is 9.26. The van der Waals surface area contributed by atoms with Gasteiger partial charge in [-0.2, -0.15) is 0 Å². The molecule has 2 rings (SSSR count). The average molecular weight is 214 g/mol. The molecular formula is C13H14N2O. The fraction of sp³-hybridized carbons (Fsp3) is 0.231. The number of imidazole rings is 1. The summed E-state index contributed by atoms with van der Waals surface area (Å²) in [5.74, 6) is 0.208. The summed E-state index contributed by atoms with van der Waals surface area (Å²) in [6.45, 7) is 2.01. The summed E-state index contributed by atoms with van der Waals surface area (Å²) < 4.78 is 1.91. The maximum absolute atomic E-state index is 11.6. The van der Waals surface area contributed by atoms with Crippen LogP contribution >= 0.6 is 0 Å². The minimum Gasteiger partial charge on any atom is -0.306 e. The molecule has 0 bridgehead atoms. The van der Waals surface area contributed by atoms with E-state index in [0.29, 0.717) is 6.42 Å². The Bertz CT molecular complexity index is 457. The Morgan fingerprint density at radius 1 is 1.31 bits per heavy atom. The van der Waals surface area contributed by atoms with Gasteiger partial charge in [-0.3, -0.25) is 4.79 Å². The van der Waals surface area contributed by atoms with Gasteiger partial charge < -0.3 is 4.57 Å². The molecular weight excluding hydrogens is 200 g/mol. The third-order valence-corrected chi connectivity index (χ3v) is 2.47. The lowest BCUT2D eigenvalue weighted by Gasteiger charge is -2.03. The van der Waals surface area contributed by atoms with Crippen molar-refractivity contribution in [3.63, 3.8) is 0 Å². The van der Waals surface area contributed by atoms with Crippen molar-refractivity contribution in [2.75, 3.05) is 0 Å². The van der Waals surface area contributed by atoms with E-state index < -0.39 is 0 Å². The van der Waals surface area contributed by atoms with Gasteiger partial charge in [0.15, 0.2) is 5.78 Å². The molecule has 0 aliphatic rings. The fourth-order valence-corrected chi connectivity index (χ4v) is 1.60. The van der Waals surface area contributed by atoms with E-state index in [9.17, 15) is 4.79 Å². The van der Waals surface area contributed by atoms with Crippen molar-refractivity contribution in [1.29, 1.82) is 0 Å². The maximum Gasteiger partial charge on any atom is 0.162 e. The summed E-state index contributed by atoms with van der Waals surface area (Å²) in [6.07, 6.45) is 6.86. The van der Waals surface area contributed by atoms with Crippen LogP contribution in [0, 0.1) is 0 Å². The number of carbonyl (C=O) groups is 1. The fourth-order valence-electron chi connectivity index (χ4n) is 1.60. The molecule has 82 valence electrons. The zero-order chi connectivity index (χ0) is 11.4. The third-order valence-electron chi connectivity index (χ3n) is 2.47. The number of carbonyl (C=O) groups excluding carboxylic acids is 1. The molecule has 0 spiro atoms. The van der Waals surface area contributed by atoms with Crippen molar-refractivity contribution in [3.8, 4) is 5.69 Å². The van der Waals surface area contributed by atoms with Crippen molar-refractivity contribution in [2.24, 2.45) is 0 Å². The first-order valence-corrected chi connectivity index (χ1v) is 5.43. The van der Waals surface area contributed by atoms with Crippen LogP contribution in [-0.2, 0) is 0 Å². The molecule has 0 amide bonds. The van der Waals surface area contributed by atoms with Gasteiger partial charge in [-0.15, -0.1) is 0 Å². The van der Waals surface area contributed by atoms with E-state index in [4.69, 9.17) is 0 Å². The average Bonchev–Trinajstić information content (AvgIpc) is 2.83. The van der Waals surface area contributed by atoms with Crippen molar-refractivity contribution in [2.45, 2.75) is 19.8 Å². The smallest absolute Gasteiger partial charge is 0.162 e. The van der Waals surface area contributed by atoms with E-state index in [1.165, 1.54) is 0 Å².